The normalized spacial score (nSPS) is 12.8. The lowest BCUT2D eigenvalue weighted by Gasteiger charge is -2.28. The molecule has 1 rings (SSSR count). The van der Waals surface area contributed by atoms with Gasteiger partial charge in [-0.2, -0.15) is 0 Å². The number of benzene rings is 1. The Hall–Kier alpha value is -1.45. The minimum Gasteiger partial charge on any atom is -0.507 e. The average molecular weight is 571 g/mol. The van der Waals surface area contributed by atoms with E-state index in [0.29, 0.717) is 75.9 Å². The molecule has 0 bridgehead atoms. The molecule has 0 amide bonds. The molecule has 9 nitrogen and oxygen atoms in total. The van der Waals surface area contributed by atoms with Crippen molar-refractivity contribution in [1.82, 2.24) is 0 Å². The number of aromatic hydroxyl groups is 1. The minimum absolute atomic E-state index is 0.173. The molecule has 1 aromatic carbocycles. The number of hydrogen-bond acceptors (Lipinski definition) is 9. The molecule has 0 saturated carbocycles. The molecular weight excluding hydrogens is 520 g/mol. The summed E-state index contributed by atoms with van der Waals surface area (Å²) in [5.41, 5.74) is 2.37. The molecule has 0 heterocycles. The Morgan fingerprint density at radius 2 is 0.947 bits per heavy atom. The SMILES string of the molecule is CCO[Si](CCCN=Cc1cc(C)cc(C=NCCC[Si](OCC)(OCC)OCC)c1O)(OCC)OCC. The lowest BCUT2D eigenvalue weighted by atomic mass is 10.1. The largest absolute Gasteiger partial charge is 0.507 e. The molecule has 0 fully saturated rings. The van der Waals surface area contributed by atoms with Gasteiger partial charge in [0.05, 0.1) is 0 Å². The Kier molecular flexibility index (Phi) is 17.8. The van der Waals surface area contributed by atoms with Crippen LogP contribution in [-0.4, -0.2) is 87.9 Å². The van der Waals surface area contributed by atoms with E-state index in [1.165, 1.54) is 0 Å². The topological polar surface area (TPSA) is 100 Å². The van der Waals surface area contributed by atoms with Gasteiger partial charge in [0, 0.05) is 88.4 Å². The third-order valence-electron chi connectivity index (χ3n) is 5.50. The van der Waals surface area contributed by atoms with Gasteiger partial charge >= 0.3 is 17.6 Å². The summed E-state index contributed by atoms with van der Waals surface area (Å²) in [4.78, 5) is 9.09. The predicted octanol–water partition coefficient (Wildman–Crippen LogP) is 5.42. The van der Waals surface area contributed by atoms with Crippen LogP contribution in [-0.2, 0) is 26.6 Å². The van der Waals surface area contributed by atoms with E-state index >= 15 is 0 Å². The van der Waals surface area contributed by atoms with Crippen molar-refractivity contribution in [2.45, 2.75) is 73.4 Å². The summed E-state index contributed by atoms with van der Waals surface area (Å²) >= 11 is 0. The predicted molar refractivity (Wildman–Crippen MR) is 158 cm³/mol. The van der Waals surface area contributed by atoms with Gasteiger partial charge in [0.15, 0.2) is 0 Å². The molecule has 0 atom stereocenters. The van der Waals surface area contributed by atoms with Gasteiger partial charge in [0.2, 0.25) is 0 Å². The van der Waals surface area contributed by atoms with E-state index in [0.717, 1.165) is 18.4 Å². The summed E-state index contributed by atoms with van der Waals surface area (Å²) in [5, 5.41) is 10.8. The van der Waals surface area contributed by atoms with Crippen LogP contribution in [0.2, 0.25) is 12.1 Å². The van der Waals surface area contributed by atoms with E-state index in [4.69, 9.17) is 26.6 Å². The zero-order valence-electron chi connectivity index (χ0n) is 24.6. The number of phenols is 1. The molecule has 0 aliphatic heterocycles. The Labute approximate surface area is 232 Å². The van der Waals surface area contributed by atoms with Crippen LogP contribution in [0, 0.1) is 6.92 Å². The molecule has 0 radical (unpaired) electrons. The van der Waals surface area contributed by atoms with Crippen molar-refractivity contribution >= 4 is 30.0 Å². The highest BCUT2D eigenvalue weighted by Crippen LogP contribution is 2.23. The molecule has 0 spiro atoms. The summed E-state index contributed by atoms with van der Waals surface area (Å²) in [6.07, 6.45) is 4.99. The Morgan fingerprint density at radius 1 is 0.632 bits per heavy atom. The molecule has 0 aromatic heterocycles. The molecule has 0 saturated heterocycles. The van der Waals surface area contributed by atoms with E-state index in [-0.39, 0.29) is 5.75 Å². The fourth-order valence-electron chi connectivity index (χ4n) is 4.13. The first-order valence-electron chi connectivity index (χ1n) is 14.0. The molecular formula is C27H50N2O7Si2. The summed E-state index contributed by atoms with van der Waals surface area (Å²) in [5.74, 6) is 0.173. The van der Waals surface area contributed by atoms with E-state index in [1.54, 1.807) is 12.4 Å². The van der Waals surface area contributed by atoms with Crippen LogP contribution in [0.1, 0.15) is 71.1 Å². The van der Waals surface area contributed by atoms with Crippen molar-refractivity contribution in [3.63, 3.8) is 0 Å². The summed E-state index contributed by atoms with van der Waals surface area (Å²) < 4.78 is 35.4. The second-order valence-corrected chi connectivity index (χ2v) is 14.0. The zero-order valence-corrected chi connectivity index (χ0v) is 26.6. The molecule has 11 heteroatoms. The van der Waals surface area contributed by atoms with E-state index in [1.807, 2.05) is 60.6 Å². The van der Waals surface area contributed by atoms with Gasteiger partial charge in [0.1, 0.15) is 5.75 Å². The second kappa shape index (κ2) is 19.6. The molecule has 0 aliphatic carbocycles. The van der Waals surface area contributed by atoms with Crippen molar-refractivity contribution in [2.75, 3.05) is 52.7 Å². The van der Waals surface area contributed by atoms with Gasteiger partial charge in [-0.05, 0) is 79.0 Å². The first kappa shape index (κ1) is 34.6. The van der Waals surface area contributed by atoms with Gasteiger partial charge in [-0.25, -0.2) is 0 Å². The Bertz CT molecular complexity index is 743. The molecule has 0 unspecified atom stereocenters. The van der Waals surface area contributed by atoms with Crippen molar-refractivity contribution in [2.24, 2.45) is 9.98 Å². The summed E-state index contributed by atoms with van der Waals surface area (Å²) in [6, 6.07) is 5.25. The van der Waals surface area contributed by atoms with Crippen molar-refractivity contribution in [3.8, 4) is 5.75 Å². The highest BCUT2D eigenvalue weighted by atomic mass is 28.4. The molecule has 218 valence electrons. The van der Waals surface area contributed by atoms with Gasteiger partial charge in [-0.3, -0.25) is 9.98 Å². The molecule has 38 heavy (non-hydrogen) atoms. The lowest BCUT2D eigenvalue weighted by molar-refractivity contribution is 0.0702. The zero-order chi connectivity index (χ0) is 28.3. The van der Waals surface area contributed by atoms with Crippen LogP contribution in [0.3, 0.4) is 0 Å². The second-order valence-electron chi connectivity index (χ2n) is 8.53. The minimum atomic E-state index is -2.66. The van der Waals surface area contributed by atoms with Crippen LogP contribution < -0.4 is 0 Å². The van der Waals surface area contributed by atoms with Crippen molar-refractivity contribution < 1.29 is 31.7 Å². The van der Waals surface area contributed by atoms with Crippen molar-refractivity contribution in [1.29, 1.82) is 0 Å². The third-order valence-corrected chi connectivity index (χ3v) is 11.8. The number of rotatable bonds is 22. The Morgan fingerprint density at radius 3 is 1.24 bits per heavy atom. The van der Waals surface area contributed by atoms with E-state index < -0.39 is 17.6 Å². The van der Waals surface area contributed by atoms with E-state index in [9.17, 15) is 5.11 Å². The number of phenolic OH excluding ortho intramolecular Hbond substituents is 1. The third kappa shape index (κ3) is 12.2. The van der Waals surface area contributed by atoms with E-state index in [2.05, 4.69) is 9.98 Å². The molecule has 0 aliphatic rings. The van der Waals surface area contributed by atoms with Gasteiger partial charge in [-0.15, -0.1) is 0 Å². The Balaban J connectivity index is 2.76. The molecule has 1 N–H and O–H groups in total. The average Bonchev–Trinajstić information content (AvgIpc) is 2.87. The van der Waals surface area contributed by atoms with Crippen LogP contribution >= 0.6 is 0 Å². The highest BCUT2D eigenvalue weighted by Gasteiger charge is 2.40. The van der Waals surface area contributed by atoms with Gasteiger partial charge in [0.25, 0.3) is 0 Å². The maximum atomic E-state index is 10.8. The fraction of sp³-hybridized carbons (Fsp3) is 0.704. The maximum Gasteiger partial charge on any atom is 0.500 e. The van der Waals surface area contributed by atoms with Gasteiger partial charge < -0.3 is 31.7 Å². The van der Waals surface area contributed by atoms with Crippen LogP contribution in [0.25, 0.3) is 0 Å². The monoisotopic (exact) mass is 570 g/mol. The van der Waals surface area contributed by atoms with Crippen LogP contribution in [0.5, 0.6) is 5.75 Å². The highest BCUT2D eigenvalue weighted by molar-refractivity contribution is 6.61. The standard InChI is InChI=1S/C27H50N2O7Si2/c1-8-31-37(32-9-2,33-10-3)18-14-16-28-22-25-20-24(7)21-26(27(25)30)23-29-17-15-19-38(34-11-4,35-12-5)36-13-6/h20-23,30H,8-19H2,1-7H3. The molecule has 1 aromatic rings. The quantitative estimate of drug-likeness (QED) is 0.113. The first-order chi connectivity index (χ1) is 18.3. The van der Waals surface area contributed by atoms with Crippen LogP contribution in [0.15, 0.2) is 22.1 Å². The summed E-state index contributed by atoms with van der Waals surface area (Å²) in [7, 11) is -5.33. The number of aryl methyl sites for hydroxylation is 1. The summed E-state index contributed by atoms with van der Waals surface area (Å²) in [6.45, 7) is 18.3. The fourth-order valence-corrected chi connectivity index (χ4v) is 9.32. The lowest BCUT2D eigenvalue weighted by Crippen LogP contribution is -2.46. The number of aliphatic imine (C=N–C) groups is 2. The van der Waals surface area contributed by atoms with Crippen LogP contribution in [0.4, 0.5) is 0 Å². The maximum absolute atomic E-state index is 10.8. The smallest absolute Gasteiger partial charge is 0.500 e. The number of hydrogen-bond donors (Lipinski definition) is 1. The number of nitrogens with zero attached hydrogens (tertiary/aromatic N) is 2. The van der Waals surface area contributed by atoms with Gasteiger partial charge in [-0.1, -0.05) is 0 Å². The van der Waals surface area contributed by atoms with Crippen molar-refractivity contribution in [3.05, 3.63) is 28.8 Å². The first-order valence-corrected chi connectivity index (χ1v) is 17.9.